The Kier molecular flexibility index (Phi) is 4.63. The van der Waals surface area contributed by atoms with Gasteiger partial charge in [0.2, 0.25) is 0 Å². The molecule has 0 N–H and O–H groups in total. The molecule has 2 fully saturated rings. The molecule has 1 aromatic heterocycles. The van der Waals surface area contributed by atoms with E-state index in [1.807, 2.05) is 60.6 Å². The van der Waals surface area contributed by atoms with E-state index in [-0.39, 0.29) is 12.1 Å². The largest absolute Gasteiger partial charge is 0.494 e. The molecule has 1 amide bonds. The van der Waals surface area contributed by atoms with Crippen LogP contribution in [0, 0.1) is 0 Å². The third-order valence-corrected chi connectivity index (χ3v) is 6.04. The number of carbonyl (C=O) groups is 1. The number of carbonyl (C=O) groups excluding carboxylic acids is 1. The highest BCUT2D eigenvalue weighted by molar-refractivity contribution is 6.62. The molecule has 2 aliphatic rings. The van der Waals surface area contributed by atoms with Crippen LogP contribution in [0.4, 0.5) is 4.79 Å². The summed E-state index contributed by atoms with van der Waals surface area (Å²) in [7, 11) is -0.530. The summed E-state index contributed by atoms with van der Waals surface area (Å²) in [4.78, 5) is 26.3. The molecule has 0 unspecified atom stereocenters. The van der Waals surface area contributed by atoms with Crippen molar-refractivity contribution < 1.29 is 23.3 Å². The van der Waals surface area contributed by atoms with E-state index >= 15 is 0 Å². The van der Waals surface area contributed by atoms with Crippen LogP contribution < -0.4 is 11.2 Å². The van der Waals surface area contributed by atoms with Gasteiger partial charge in [0.1, 0.15) is 5.60 Å². The summed E-state index contributed by atoms with van der Waals surface area (Å²) in [6.45, 7) is 14.3. The van der Waals surface area contributed by atoms with Gasteiger partial charge in [0.25, 0.3) is 0 Å². The molecule has 2 saturated heterocycles. The first-order valence-electron chi connectivity index (χ1n) is 10.3. The molecule has 8 nitrogen and oxygen atoms in total. The van der Waals surface area contributed by atoms with E-state index in [1.165, 1.54) is 0 Å². The van der Waals surface area contributed by atoms with Gasteiger partial charge in [-0.1, -0.05) is 6.07 Å². The lowest BCUT2D eigenvalue weighted by Crippen LogP contribution is -2.53. The van der Waals surface area contributed by atoms with Gasteiger partial charge in [-0.05, 0) is 66.1 Å². The number of oxazole rings is 1. The molecule has 3 heterocycles. The minimum absolute atomic E-state index is 0.167. The minimum atomic E-state index is -0.556. The van der Waals surface area contributed by atoms with Crippen LogP contribution in [0.3, 0.4) is 0 Å². The van der Waals surface area contributed by atoms with Crippen molar-refractivity contribution in [2.24, 2.45) is 0 Å². The van der Waals surface area contributed by atoms with Crippen molar-refractivity contribution in [1.82, 2.24) is 9.47 Å². The van der Waals surface area contributed by atoms with Crippen molar-refractivity contribution in [1.29, 1.82) is 0 Å². The second-order valence-corrected chi connectivity index (χ2v) is 10.1. The highest BCUT2D eigenvalue weighted by atomic mass is 16.7. The molecular weight excluding hydrogens is 387 g/mol. The Bertz CT molecular complexity index is 1030. The average Bonchev–Trinajstić information content (AvgIpc) is 2.97. The molecule has 0 radical (unpaired) electrons. The fourth-order valence-electron chi connectivity index (χ4n) is 3.62. The molecule has 1 aromatic carbocycles. The highest BCUT2D eigenvalue weighted by Crippen LogP contribution is 2.36. The number of benzene rings is 1. The van der Waals surface area contributed by atoms with Crippen LogP contribution in [0.2, 0.25) is 0 Å². The summed E-state index contributed by atoms with van der Waals surface area (Å²) in [6, 6.07) is 5.32. The second kappa shape index (κ2) is 6.62. The summed E-state index contributed by atoms with van der Waals surface area (Å²) in [5.41, 5.74) is 0.518. The molecule has 0 bridgehead atoms. The summed E-state index contributed by atoms with van der Waals surface area (Å²) in [6.07, 6.45) is -0.377. The summed E-state index contributed by atoms with van der Waals surface area (Å²) < 4.78 is 24.7. The topological polar surface area (TPSA) is 83.1 Å². The van der Waals surface area contributed by atoms with Gasteiger partial charge in [0, 0.05) is 13.1 Å². The van der Waals surface area contributed by atoms with Crippen molar-refractivity contribution in [2.45, 2.75) is 71.3 Å². The molecule has 4 rings (SSSR count). The first-order chi connectivity index (χ1) is 13.8. The SMILES string of the molecule is CC(C)(C)OC(=O)N1CC(n2c(=O)oc3ccc(B4OC(C)(C)C(C)(C)O4)cc32)C1. The Morgan fingerprint density at radius 1 is 1.13 bits per heavy atom. The Balaban J connectivity index is 1.57. The second-order valence-electron chi connectivity index (χ2n) is 10.1. The lowest BCUT2D eigenvalue weighted by molar-refractivity contribution is 0.000751. The van der Waals surface area contributed by atoms with Gasteiger partial charge < -0.3 is 23.4 Å². The van der Waals surface area contributed by atoms with Gasteiger partial charge >= 0.3 is 19.0 Å². The summed E-state index contributed by atoms with van der Waals surface area (Å²) in [5, 5.41) is 0. The zero-order valence-electron chi connectivity index (χ0n) is 18.6. The number of aromatic nitrogens is 1. The predicted octanol–water partition coefficient (Wildman–Crippen LogP) is 2.69. The molecule has 2 aliphatic heterocycles. The zero-order chi connectivity index (χ0) is 22.1. The lowest BCUT2D eigenvalue weighted by Gasteiger charge is -2.39. The normalized spacial score (nSPS) is 21.2. The van der Waals surface area contributed by atoms with Gasteiger partial charge in [-0.2, -0.15) is 0 Å². The van der Waals surface area contributed by atoms with Crippen molar-refractivity contribution in [3.05, 3.63) is 28.7 Å². The van der Waals surface area contributed by atoms with Crippen LogP contribution in [0.1, 0.15) is 54.5 Å². The standard InChI is InChI=1S/C21H29BN2O6/c1-19(2,3)28-17(25)23-11-14(12-23)24-15-10-13(8-9-16(15)27-18(24)26)22-29-20(4,5)21(6,7)30-22/h8-10,14H,11-12H2,1-7H3. The molecule has 162 valence electrons. The van der Waals surface area contributed by atoms with Crippen LogP contribution in [0.15, 0.2) is 27.4 Å². The van der Waals surface area contributed by atoms with E-state index in [1.54, 1.807) is 15.5 Å². The van der Waals surface area contributed by atoms with Gasteiger partial charge in [-0.15, -0.1) is 0 Å². The number of hydrogen-bond donors (Lipinski definition) is 0. The molecule has 0 saturated carbocycles. The van der Waals surface area contributed by atoms with E-state index in [2.05, 4.69) is 0 Å². The third kappa shape index (κ3) is 3.54. The Hall–Kier alpha value is -2.26. The maximum absolute atomic E-state index is 12.5. The Morgan fingerprint density at radius 3 is 2.30 bits per heavy atom. The fraction of sp³-hybridized carbons (Fsp3) is 0.619. The number of amides is 1. The van der Waals surface area contributed by atoms with Crippen molar-refractivity contribution in [3.63, 3.8) is 0 Å². The van der Waals surface area contributed by atoms with Crippen molar-refractivity contribution in [3.8, 4) is 0 Å². The van der Waals surface area contributed by atoms with E-state index in [4.69, 9.17) is 18.5 Å². The van der Waals surface area contributed by atoms with Crippen molar-refractivity contribution >= 4 is 29.8 Å². The molecule has 2 aromatic rings. The number of fused-ring (bicyclic) bond motifs is 1. The Morgan fingerprint density at radius 2 is 1.73 bits per heavy atom. The van der Waals surface area contributed by atoms with Gasteiger partial charge in [0.15, 0.2) is 5.58 Å². The first kappa shape index (κ1) is 21.0. The molecule has 30 heavy (non-hydrogen) atoms. The van der Waals surface area contributed by atoms with Crippen LogP contribution in [-0.2, 0) is 14.0 Å². The number of hydrogen-bond acceptors (Lipinski definition) is 6. The zero-order valence-corrected chi connectivity index (χ0v) is 18.6. The van der Waals surface area contributed by atoms with E-state index in [9.17, 15) is 9.59 Å². The number of ether oxygens (including phenoxy) is 1. The van der Waals surface area contributed by atoms with E-state index in [0.29, 0.717) is 24.2 Å². The van der Waals surface area contributed by atoms with Crippen LogP contribution in [0.25, 0.3) is 11.1 Å². The molecule has 0 aliphatic carbocycles. The fourth-order valence-corrected chi connectivity index (χ4v) is 3.62. The monoisotopic (exact) mass is 416 g/mol. The van der Waals surface area contributed by atoms with Crippen LogP contribution in [-0.4, -0.2) is 52.6 Å². The average molecular weight is 416 g/mol. The van der Waals surface area contributed by atoms with Crippen LogP contribution in [0.5, 0.6) is 0 Å². The minimum Gasteiger partial charge on any atom is -0.444 e. The predicted molar refractivity (Wildman–Crippen MR) is 113 cm³/mol. The number of rotatable bonds is 2. The Labute approximate surface area is 176 Å². The van der Waals surface area contributed by atoms with Gasteiger partial charge in [0.05, 0.1) is 22.8 Å². The lowest BCUT2D eigenvalue weighted by atomic mass is 9.79. The molecule has 0 spiro atoms. The third-order valence-electron chi connectivity index (χ3n) is 6.04. The molecular formula is C21H29BN2O6. The molecule has 9 heteroatoms. The van der Waals surface area contributed by atoms with Gasteiger partial charge in [-0.25, -0.2) is 9.59 Å². The first-order valence-corrected chi connectivity index (χ1v) is 10.3. The maximum atomic E-state index is 12.5. The van der Waals surface area contributed by atoms with Crippen LogP contribution >= 0.6 is 0 Å². The van der Waals surface area contributed by atoms with E-state index < -0.39 is 29.7 Å². The highest BCUT2D eigenvalue weighted by Gasteiger charge is 2.51. The molecule has 0 atom stereocenters. The van der Waals surface area contributed by atoms with Crippen molar-refractivity contribution in [2.75, 3.05) is 13.1 Å². The van der Waals surface area contributed by atoms with E-state index in [0.717, 1.165) is 5.46 Å². The number of nitrogens with zero attached hydrogens (tertiary/aromatic N) is 2. The summed E-state index contributed by atoms with van der Waals surface area (Å²) >= 11 is 0. The smallest absolute Gasteiger partial charge is 0.444 e. The quantitative estimate of drug-likeness (QED) is 0.701. The maximum Gasteiger partial charge on any atom is 0.494 e. The number of likely N-dealkylation sites (tertiary alicyclic amines) is 1. The van der Waals surface area contributed by atoms with Gasteiger partial charge in [-0.3, -0.25) is 4.57 Å². The summed E-state index contributed by atoms with van der Waals surface area (Å²) in [5.74, 6) is -0.440.